The van der Waals surface area contributed by atoms with Gasteiger partial charge < -0.3 is 21.5 Å². The molecule has 0 bridgehead atoms. The lowest BCUT2D eigenvalue weighted by Gasteiger charge is -2.22. The van der Waals surface area contributed by atoms with E-state index in [-0.39, 0.29) is 21.9 Å². The van der Waals surface area contributed by atoms with Crippen LogP contribution in [0.1, 0.15) is 53.9 Å². The van der Waals surface area contributed by atoms with Crippen molar-refractivity contribution in [3.63, 3.8) is 0 Å². The van der Waals surface area contributed by atoms with Gasteiger partial charge in [-0.1, -0.05) is 36.4 Å². The third kappa shape index (κ3) is 4.30. The number of rotatable bonds is 5. The van der Waals surface area contributed by atoms with Crippen LogP contribution in [0.15, 0.2) is 47.8 Å². The molecule has 8 nitrogen and oxygen atoms in total. The summed E-state index contributed by atoms with van der Waals surface area (Å²) in [6, 6.07) is 16.2. The number of nitrogens with zero attached hydrogens (tertiary/aromatic N) is 2. The molecule has 0 spiro atoms. The molecular formula is C29H23N5O3S3. The van der Waals surface area contributed by atoms with Crippen molar-refractivity contribution in [2.45, 2.75) is 25.2 Å². The molecule has 1 aliphatic carbocycles. The molecule has 1 aromatic carbocycles. The summed E-state index contributed by atoms with van der Waals surface area (Å²) in [5, 5.41) is 15.6. The molecule has 0 aliphatic heterocycles. The molecule has 0 radical (unpaired) electrons. The van der Waals surface area contributed by atoms with Gasteiger partial charge in [0.15, 0.2) is 0 Å². The third-order valence-corrected chi connectivity index (χ3v) is 10.3. The smallest absolute Gasteiger partial charge is 0.341 e. The Morgan fingerprint density at radius 1 is 1.15 bits per heavy atom. The van der Waals surface area contributed by atoms with Gasteiger partial charge >= 0.3 is 5.97 Å². The second-order valence-electron chi connectivity index (χ2n) is 9.37. The van der Waals surface area contributed by atoms with E-state index in [1.54, 1.807) is 0 Å². The van der Waals surface area contributed by atoms with Crippen LogP contribution in [0, 0.1) is 11.3 Å². The standard InChI is InChI=1S/C29H23N5O3S3/c1-37-29(36)21-16-10-9-15(14-6-3-2-4-7-14)12-19(16)39-27(21)34-26(35)24-23(31)22-20(18-8-5-11-38-18)17(13-30)25(32)33-28(22)40-24/h2-8,11,15H,9-10,12,31H2,1H3,(H2,32,33)(H,34,35). The zero-order valence-electron chi connectivity index (χ0n) is 21.3. The van der Waals surface area contributed by atoms with E-state index in [1.165, 1.54) is 35.3 Å². The summed E-state index contributed by atoms with van der Waals surface area (Å²) in [5.41, 5.74) is 16.3. The second-order valence-corrected chi connectivity index (χ2v) is 12.4. The second kappa shape index (κ2) is 10.4. The van der Waals surface area contributed by atoms with E-state index in [9.17, 15) is 14.9 Å². The molecule has 11 heteroatoms. The average molecular weight is 586 g/mol. The van der Waals surface area contributed by atoms with E-state index in [0.29, 0.717) is 38.7 Å². The number of nitrogens with two attached hydrogens (primary N) is 2. The molecule has 0 saturated carbocycles. The molecular weight excluding hydrogens is 563 g/mol. The Hall–Kier alpha value is -4.24. The van der Waals surface area contributed by atoms with Crippen molar-refractivity contribution in [2.75, 3.05) is 23.9 Å². The molecule has 0 saturated heterocycles. The SMILES string of the molecule is COC(=O)c1c(NC(=O)c2sc3nc(N)c(C#N)c(-c4cccs4)c3c2N)sc2c1CCC(c1ccccc1)C2. The molecule has 6 rings (SSSR count). The monoisotopic (exact) mass is 585 g/mol. The maximum Gasteiger partial charge on any atom is 0.341 e. The number of pyridine rings is 1. The zero-order chi connectivity index (χ0) is 28.0. The Kier molecular flexibility index (Phi) is 6.75. The lowest BCUT2D eigenvalue weighted by Crippen LogP contribution is -2.16. The van der Waals surface area contributed by atoms with Crippen LogP contribution in [-0.2, 0) is 17.6 Å². The number of amides is 1. The van der Waals surface area contributed by atoms with Crippen LogP contribution in [0.3, 0.4) is 0 Å². The maximum atomic E-state index is 13.7. The number of carbonyl (C=O) groups is 2. The van der Waals surface area contributed by atoms with Gasteiger partial charge in [0.1, 0.15) is 32.2 Å². The molecule has 1 aliphatic rings. The van der Waals surface area contributed by atoms with Gasteiger partial charge in [0.05, 0.1) is 18.4 Å². The van der Waals surface area contributed by atoms with Crippen LogP contribution >= 0.6 is 34.0 Å². The van der Waals surface area contributed by atoms with E-state index < -0.39 is 11.9 Å². The highest BCUT2D eigenvalue weighted by Crippen LogP contribution is 2.46. The van der Waals surface area contributed by atoms with Crippen molar-refractivity contribution in [1.29, 1.82) is 5.26 Å². The average Bonchev–Trinajstić information content (AvgIpc) is 3.70. The highest BCUT2D eigenvalue weighted by atomic mass is 32.1. The minimum atomic E-state index is -0.483. The first-order valence-corrected chi connectivity index (χ1v) is 15.0. The Morgan fingerprint density at radius 3 is 2.65 bits per heavy atom. The Balaban J connectivity index is 1.40. The van der Waals surface area contributed by atoms with Crippen LogP contribution in [-0.4, -0.2) is 24.0 Å². The summed E-state index contributed by atoms with van der Waals surface area (Å²) in [4.78, 5) is 33.5. The number of ether oxygens (including phenoxy) is 1. The Labute approximate surface area is 241 Å². The summed E-state index contributed by atoms with van der Waals surface area (Å²) < 4.78 is 5.11. The molecule has 1 unspecified atom stereocenters. The first-order valence-electron chi connectivity index (χ1n) is 12.5. The van der Waals surface area contributed by atoms with E-state index in [0.717, 1.165) is 39.5 Å². The lowest BCUT2D eigenvalue weighted by molar-refractivity contribution is 0.0601. The van der Waals surface area contributed by atoms with Gasteiger partial charge in [-0.25, -0.2) is 9.78 Å². The Morgan fingerprint density at radius 2 is 1.95 bits per heavy atom. The van der Waals surface area contributed by atoms with Gasteiger partial charge in [0.25, 0.3) is 5.91 Å². The number of methoxy groups -OCH3 is 1. The zero-order valence-corrected chi connectivity index (χ0v) is 23.8. The van der Waals surface area contributed by atoms with Gasteiger partial charge in [-0.3, -0.25) is 4.79 Å². The maximum absolute atomic E-state index is 13.7. The minimum absolute atomic E-state index is 0.0819. The number of nitrogen functional groups attached to an aromatic ring is 2. The first kappa shape index (κ1) is 26.0. The van der Waals surface area contributed by atoms with E-state index in [1.807, 2.05) is 35.7 Å². The quantitative estimate of drug-likeness (QED) is 0.202. The van der Waals surface area contributed by atoms with E-state index in [4.69, 9.17) is 16.2 Å². The fraction of sp³-hybridized carbons (Fsp3) is 0.172. The van der Waals surface area contributed by atoms with Crippen molar-refractivity contribution < 1.29 is 14.3 Å². The largest absolute Gasteiger partial charge is 0.465 e. The molecule has 4 heterocycles. The van der Waals surface area contributed by atoms with Crippen LogP contribution in [0.25, 0.3) is 20.7 Å². The fourth-order valence-electron chi connectivity index (χ4n) is 5.28. The number of carbonyl (C=O) groups excluding carboxylic acids is 2. The summed E-state index contributed by atoms with van der Waals surface area (Å²) in [5.74, 6) is -0.527. The first-order chi connectivity index (χ1) is 19.4. The summed E-state index contributed by atoms with van der Waals surface area (Å²) >= 11 is 3.95. The van der Waals surface area contributed by atoms with Gasteiger partial charge in [-0.15, -0.1) is 34.0 Å². The van der Waals surface area contributed by atoms with Crippen molar-refractivity contribution in [3.8, 4) is 16.5 Å². The van der Waals surface area contributed by atoms with Crippen LogP contribution in [0.5, 0.6) is 0 Å². The number of hydrogen-bond acceptors (Lipinski definition) is 10. The van der Waals surface area contributed by atoms with Crippen molar-refractivity contribution in [3.05, 3.63) is 79.9 Å². The number of hydrogen-bond donors (Lipinski definition) is 3. The number of nitriles is 1. The number of esters is 1. The summed E-state index contributed by atoms with van der Waals surface area (Å²) in [7, 11) is 1.34. The van der Waals surface area contributed by atoms with Gasteiger partial charge in [0, 0.05) is 20.7 Å². The topological polar surface area (TPSA) is 144 Å². The van der Waals surface area contributed by atoms with E-state index in [2.05, 4.69) is 28.5 Å². The van der Waals surface area contributed by atoms with Crippen molar-refractivity contribution in [1.82, 2.24) is 4.98 Å². The molecule has 40 heavy (non-hydrogen) atoms. The van der Waals surface area contributed by atoms with Crippen LogP contribution in [0.2, 0.25) is 0 Å². The number of nitrogens with one attached hydrogen (secondary N) is 1. The van der Waals surface area contributed by atoms with Crippen molar-refractivity contribution >= 4 is 72.6 Å². The minimum Gasteiger partial charge on any atom is -0.465 e. The summed E-state index contributed by atoms with van der Waals surface area (Å²) in [6.07, 6.45) is 2.38. The molecule has 5 N–H and O–H groups in total. The molecule has 5 aromatic rings. The predicted molar refractivity (Wildman–Crippen MR) is 161 cm³/mol. The van der Waals surface area contributed by atoms with Gasteiger partial charge in [0.2, 0.25) is 0 Å². The highest BCUT2D eigenvalue weighted by molar-refractivity contribution is 7.22. The van der Waals surface area contributed by atoms with E-state index >= 15 is 0 Å². The fourth-order valence-corrected chi connectivity index (χ4v) is 8.38. The molecule has 1 atom stereocenters. The third-order valence-electron chi connectivity index (χ3n) is 7.14. The summed E-state index contributed by atoms with van der Waals surface area (Å²) in [6.45, 7) is 0. The van der Waals surface area contributed by atoms with Gasteiger partial charge in [-0.2, -0.15) is 5.26 Å². The normalized spacial score (nSPS) is 14.4. The van der Waals surface area contributed by atoms with Crippen LogP contribution < -0.4 is 16.8 Å². The molecule has 0 fully saturated rings. The van der Waals surface area contributed by atoms with Crippen molar-refractivity contribution in [2.24, 2.45) is 0 Å². The number of benzene rings is 1. The number of aromatic nitrogens is 1. The predicted octanol–water partition coefficient (Wildman–Crippen LogP) is 6.43. The van der Waals surface area contributed by atoms with Gasteiger partial charge in [-0.05, 0) is 47.8 Å². The Bertz CT molecular complexity index is 1820. The number of fused-ring (bicyclic) bond motifs is 2. The number of anilines is 3. The highest BCUT2D eigenvalue weighted by Gasteiger charge is 2.32. The molecule has 1 amide bonds. The molecule has 4 aromatic heterocycles. The van der Waals surface area contributed by atoms with Crippen LogP contribution in [0.4, 0.5) is 16.5 Å². The lowest BCUT2D eigenvalue weighted by atomic mass is 9.83. The molecule has 200 valence electrons. The number of thiophene rings is 3.